The molecule has 2 fully saturated rings. The number of piperazine rings is 1. The fourth-order valence-corrected chi connectivity index (χ4v) is 3.62. The summed E-state index contributed by atoms with van der Waals surface area (Å²) in [7, 11) is 0. The minimum Gasteiger partial charge on any atom is -0.396 e. The van der Waals surface area contributed by atoms with Crippen LogP contribution in [-0.2, 0) is 11.3 Å². The predicted molar refractivity (Wildman–Crippen MR) is 81.9 cm³/mol. The Bertz CT molecular complexity index is 553. The van der Waals surface area contributed by atoms with Crippen LogP contribution in [0.2, 0.25) is 0 Å². The van der Waals surface area contributed by atoms with Gasteiger partial charge in [0.2, 0.25) is 5.91 Å². The number of rotatable bonds is 2. The lowest BCUT2D eigenvalue weighted by atomic mass is 10.1. The molecule has 3 heterocycles. The van der Waals surface area contributed by atoms with Gasteiger partial charge in [0.25, 0.3) is 0 Å². The molecule has 0 spiro atoms. The lowest BCUT2D eigenvalue weighted by molar-refractivity contribution is -0.137. The second-order valence-electron chi connectivity index (χ2n) is 6.43. The standard InChI is InChI=1S/C15H25N5O/c1-10-7-18-6-4-5-13(18)8-19(10)14(21)9-20-12(3)15(16)11(2)17-20/h10,13H,4-9,16H2,1-3H3. The highest BCUT2D eigenvalue weighted by Crippen LogP contribution is 2.25. The van der Waals surface area contributed by atoms with E-state index in [0.29, 0.717) is 18.3 Å². The van der Waals surface area contributed by atoms with Gasteiger partial charge in [0.1, 0.15) is 6.54 Å². The summed E-state index contributed by atoms with van der Waals surface area (Å²) in [6.07, 6.45) is 2.47. The molecule has 0 aliphatic carbocycles. The summed E-state index contributed by atoms with van der Waals surface area (Å²) in [5, 5.41) is 4.37. The van der Waals surface area contributed by atoms with Crippen LogP contribution in [0, 0.1) is 13.8 Å². The molecular weight excluding hydrogens is 266 g/mol. The monoisotopic (exact) mass is 291 g/mol. The first-order chi connectivity index (χ1) is 9.97. The van der Waals surface area contributed by atoms with Crippen molar-refractivity contribution in [3.05, 3.63) is 11.4 Å². The Morgan fingerprint density at radius 3 is 2.81 bits per heavy atom. The van der Waals surface area contributed by atoms with Crippen LogP contribution in [0.15, 0.2) is 0 Å². The molecule has 2 atom stereocenters. The van der Waals surface area contributed by atoms with Crippen LogP contribution in [0.1, 0.15) is 31.2 Å². The Morgan fingerprint density at radius 2 is 2.14 bits per heavy atom. The number of nitrogen functional groups attached to an aromatic ring is 1. The Kier molecular flexibility index (Phi) is 3.65. The largest absolute Gasteiger partial charge is 0.396 e. The molecule has 2 aliphatic heterocycles. The first-order valence-electron chi connectivity index (χ1n) is 7.80. The number of amides is 1. The van der Waals surface area contributed by atoms with Gasteiger partial charge in [-0.15, -0.1) is 0 Å². The van der Waals surface area contributed by atoms with Gasteiger partial charge in [0.15, 0.2) is 0 Å². The number of carbonyl (C=O) groups excluding carboxylic acids is 1. The molecular formula is C15H25N5O. The zero-order valence-corrected chi connectivity index (χ0v) is 13.2. The van der Waals surface area contributed by atoms with E-state index in [9.17, 15) is 4.79 Å². The van der Waals surface area contributed by atoms with E-state index in [2.05, 4.69) is 16.9 Å². The summed E-state index contributed by atoms with van der Waals surface area (Å²) in [5.74, 6) is 0.152. The Morgan fingerprint density at radius 1 is 1.38 bits per heavy atom. The second kappa shape index (κ2) is 5.33. The minimum atomic E-state index is 0.152. The highest BCUT2D eigenvalue weighted by atomic mass is 16.2. The lowest BCUT2D eigenvalue weighted by Gasteiger charge is -2.42. The number of anilines is 1. The Hall–Kier alpha value is -1.56. The van der Waals surface area contributed by atoms with E-state index < -0.39 is 0 Å². The molecule has 2 N–H and O–H groups in total. The van der Waals surface area contributed by atoms with E-state index in [1.54, 1.807) is 4.68 Å². The minimum absolute atomic E-state index is 0.152. The molecule has 0 aromatic carbocycles. The van der Waals surface area contributed by atoms with Crippen LogP contribution in [0.5, 0.6) is 0 Å². The van der Waals surface area contributed by atoms with Crippen molar-refractivity contribution >= 4 is 11.6 Å². The van der Waals surface area contributed by atoms with Crippen molar-refractivity contribution < 1.29 is 4.79 Å². The molecule has 0 radical (unpaired) electrons. The average molecular weight is 291 g/mol. The van der Waals surface area contributed by atoms with Gasteiger partial charge in [-0.1, -0.05) is 0 Å². The third-order valence-electron chi connectivity index (χ3n) is 4.98. The summed E-state index contributed by atoms with van der Waals surface area (Å²) >= 11 is 0. The van der Waals surface area contributed by atoms with Crippen molar-refractivity contribution in [1.82, 2.24) is 19.6 Å². The molecule has 2 aliphatic rings. The van der Waals surface area contributed by atoms with Gasteiger partial charge in [-0.05, 0) is 40.2 Å². The SMILES string of the molecule is Cc1nn(CC(=O)N2CC3CCCN3CC2C)c(C)c1N. The van der Waals surface area contributed by atoms with Gasteiger partial charge in [-0.3, -0.25) is 14.4 Å². The maximum absolute atomic E-state index is 12.6. The number of nitrogens with zero attached hydrogens (tertiary/aromatic N) is 4. The number of aromatic nitrogens is 2. The molecule has 2 unspecified atom stereocenters. The van der Waals surface area contributed by atoms with E-state index in [-0.39, 0.29) is 11.9 Å². The molecule has 1 amide bonds. The fraction of sp³-hybridized carbons (Fsp3) is 0.733. The Labute approximate surface area is 125 Å². The number of nitrogens with two attached hydrogens (primary N) is 1. The molecule has 6 heteroatoms. The maximum atomic E-state index is 12.6. The number of aryl methyl sites for hydroxylation is 1. The summed E-state index contributed by atoms with van der Waals surface area (Å²) < 4.78 is 1.74. The third-order valence-corrected chi connectivity index (χ3v) is 4.98. The van der Waals surface area contributed by atoms with Crippen molar-refractivity contribution in [1.29, 1.82) is 0 Å². The summed E-state index contributed by atoms with van der Waals surface area (Å²) in [6.45, 7) is 9.27. The van der Waals surface area contributed by atoms with Gasteiger partial charge < -0.3 is 10.6 Å². The zero-order valence-electron chi connectivity index (χ0n) is 13.2. The van der Waals surface area contributed by atoms with Gasteiger partial charge in [-0.25, -0.2) is 0 Å². The van der Waals surface area contributed by atoms with Crippen molar-refractivity contribution in [2.75, 3.05) is 25.4 Å². The first kappa shape index (κ1) is 14.4. The van der Waals surface area contributed by atoms with Crippen molar-refractivity contribution in [3.63, 3.8) is 0 Å². The van der Waals surface area contributed by atoms with E-state index in [4.69, 9.17) is 5.73 Å². The molecule has 116 valence electrons. The van der Waals surface area contributed by atoms with Crippen molar-refractivity contribution in [2.24, 2.45) is 0 Å². The molecule has 1 aromatic rings. The summed E-state index contributed by atoms with van der Waals surface area (Å²) in [5.41, 5.74) is 8.31. The molecule has 6 nitrogen and oxygen atoms in total. The van der Waals surface area contributed by atoms with E-state index in [1.807, 2.05) is 18.7 Å². The van der Waals surface area contributed by atoms with Crippen LogP contribution in [-0.4, -0.2) is 57.2 Å². The van der Waals surface area contributed by atoms with Crippen LogP contribution < -0.4 is 5.73 Å². The smallest absolute Gasteiger partial charge is 0.244 e. The maximum Gasteiger partial charge on any atom is 0.244 e. The number of hydrogen-bond donors (Lipinski definition) is 1. The third kappa shape index (κ3) is 2.52. The van der Waals surface area contributed by atoms with Crippen LogP contribution >= 0.6 is 0 Å². The van der Waals surface area contributed by atoms with E-state index in [0.717, 1.165) is 24.5 Å². The molecule has 1 aromatic heterocycles. The zero-order chi connectivity index (χ0) is 15.1. The van der Waals surface area contributed by atoms with E-state index >= 15 is 0 Å². The van der Waals surface area contributed by atoms with Crippen LogP contribution in [0.3, 0.4) is 0 Å². The first-order valence-corrected chi connectivity index (χ1v) is 7.80. The lowest BCUT2D eigenvalue weighted by Crippen LogP contribution is -2.57. The summed E-state index contributed by atoms with van der Waals surface area (Å²) in [6, 6.07) is 0.830. The van der Waals surface area contributed by atoms with Crippen molar-refractivity contribution in [3.8, 4) is 0 Å². The van der Waals surface area contributed by atoms with Gasteiger partial charge >= 0.3 is 0 Å². The second-order valence-corrected chi connectivity index (χ2v) is 6.43. The topological polar surface area (TPSA) is 67.4 Å². The van der Waals surface area contributed by atoms with Gasteiger partial charge in [0, 0.05) is 25.2 Å². The fourth-order valence-electron chi connectivity index (χ4n) is 3.62. The van der Waals surface area contributed by atoms with Crippen LogP contribution in [0.25, 0.3) is 0 Å². The van der Waals surface area contributed by atoms with Crippen molar-refractivity contribution in [2.45, 2.75) is 52.2 Å². The molecule has 21 heavy (non-hydrogen) atoms. The normalized spacial score (nSPS) is 26.1. The highest BCUT2D eigenvalue weighted by molar-refractivity contribution is 5.76. The number of fused-ring (bicyclic) bond motifs is 1. The highest BCUT2D eigenvalue weighted by Gasteiger charge is 2.36. The van der Waals surface area contributed by atoms with E-state index in [1.165, 1.54) is 19.4 Å². The molecule has 0 saturated carbocycles. The molecule has 3 rings (SSSR count). The number of hydrogen-bond acceptors (Lipinski definition) is 4. The molecule has 2 saturated heterocycles. The quantitative estimate of drug-likeness (QED) is 0.874. The average Bonchev–Trinajstić information content (AvgIpc) is 2.98. The van der Waals surface area contributed by atoms with Gasteiger partial charge in [0.05, 0.1) is 17.1 Å². The molecule has 0 bridgehead atoms. The summed E-state index contributed by atoms with van der Waals surface area (Å²) in [4.78, 5) is 17.2. The van der Waals surface area contributed by atoms with Crippen LogP contribution in [0.4, 0.5) is 5.69 Å². The van der Waals surface area contributed by atoms with Gasteiger partial charge in [-0.2, -0.15) is 5.10 Å². The number of carbonyl (C=O) groups is 1. The Balaban J connectivity index is 1.71. The predicted octanol–water partition coefficient (Wildman–Crippen LogP) is 0.777.